The Labute approximate surface area is 161 Å². The maximum Gasteiger partial charge on any atom is 0.303 e. The molecule has 7 heteroatoms. The number of aliphatic carboxylic acids is 1. The molecule has 0 spiro atoms. The summed E-state index contributed by atoms with van der Waals surface area (Å²) in [5.74, 6) is -0.622. The Balaban J connectivity index is 1.99. The molecular formula is C20H29NO5S. The minimum absolute atomic E-state index is 0.0327. The van der Waals surface area contributed by atoms with Gasteiger partial charge < -0.3 is 10.4 Å². The highest BCUT2D eigenvalue weighted by Gasteiger charge is 2.21. The predicted molar refractivity (Wildman–Crippen MR) is 104 cm³/mol. The van der Waals surface area contributed by atoms with Crippen molar-refractivity contribution in [2.75, 3.05) is 6.26 Å². The highest BCUT2D eigenvalue weighted by molar-refractivity contribution is 7.89. The van der Waals surface area contributed by atoms with Crippen LogP contribution in [0.5, 0.6) is 0 Å². The molecule has 0 aromatic heterocycles. The second kappa shape index (κ2) is 9.88. The summed E-state index contributed by atoms with van der Waals surface area (Å²) in [4.78, 5) is 23.5. The molecule has 0 bridgehead atoms. The molecule has 1 unspecified atom stereocenters. The van der Waals surface area contributed by atoms with Gasteiger partial charge in [0, 0.05) is 24.3 Å². The summed E-state index contributed by atoms with van der Waals surface area (Å²) in [6.45, 7) is 0. The monoisotopic (exact) mass is 395 g/mol. The Kier molecular flexibility index (Phi) is 7.83. The van der Waals surface area contributed by atoms with Gasteiger partial charge in [0.1, 0.15) is 0 Å². The second-order valence-electron chi connectivity index (χ2n) is 7.61. The van der Waals surface area contributed by atoms with Gasteiger partial charge in [-0.05, 0) is 36.5 Å². The number of carbonyl (C=O) groups is 2. The standard InChI is InChI=1S/C20H29NO5S/c1-27(25,26)14-16-7-9-17(10-8-16)20(24)21-18(11-12-19(22)23)13-15-5-3-2-4-6-15/h7-10,15,18H,2-6,11-14H2,1H3,(H,21,24)(H,22,23). The third-order valence-electron chi connectivity index (χ3n) is 5.03. The van der Waals surface area contributed by atoms with Gasteiger partial charge in [-0.3, -0.25) is 9.59 Å². The van der Waals surface area contributed by atoms with Gasteiger partial charge in [-0.15, -0.1) is 0 Å². The fourth-order valence-corrected chi connectivity index (χ4v) is 4.49. The lowest BCUT2D eigenvalue weighted by Gasteiger charge is -2.27. The van der Waals surface area contributed by atoms with E-state index in [9.17, 15) is 18.0 Å². The van der Waals surface area contributed by atoms with Crippen molar-refractivity contribution in [3.8, 4) is 0 Å². The van der Waals surface area contributed by atoms with Crippen LogP contribution in [0.15, 0.2) is 24.3 Å². The van der Waals surface area contributed by atoms with E-state index in [4.69, 9.17) is 5.11 Å². The molecule has 1 aliphatic rings. The number of nitrogens with one attached hydrogen (secondary N) is 1. The SMILES string of the molecule is CS(=O)(=O)Cc1ccc(C(=O)NC(CCC(=O)O)CC2CCCCC2)cc1. The van der Waals surface area contributed by atoms with Gasteiger partial charge in [-0.25, -0.2) is 8.42 Å². The van der Waals surface area contributed by atoms with Crippen molar-refractivity contribution in [3.05, 3.63) is 35.4 Å². The molecular weight excluding hydrogens is 366 g/mol. The number of carboxylic acid groups (broad SMARTS) is 1. The third kappa shape index (κ3) is 8.12. The van der Waals surface area contributed by atoms with E-state index < -0.39 is 15.8 Å². The number of amides is 1. The molecule has 0 radical (unpaired) electrons. The minimum atomic E-state index is -3.12. The van der Waals surface area contributed by atoms with E-state index in [1.54, 1.807) is 24.3 Å². The summed E-state index contributed by atoms with van der Waals surface area (Å²) in [5.41, 5.74) is 1.09. The number of benzene rings is 1. The Morgan fingerprint density at radius 3 is 2.33 bits per heavy atom. The van der Waals surface area contributed by atoms with E-state index in [2.05, 4.69) is 5.32 Å². The highest BCUT2D eigenvalue weighted by atomic mass is 32.2. The maximum absolute atomic E-state index is 12.6. The molecule has 2 rings (SSSR count). The molecule has 1 aliphatic carbocycles. The lowest BCUT2D eigenvalue weighted by Crippen LogP contribution is -2.37. The Bertz CT molecular complexity index is 736. The molecule has 1 fully saturated rings. The molecule has 6 nitrogen and oxygen atoms in total. The van der Waals surface area contributed by atoms with E-state index in [1.165, 1.54) is 25.5 Å². The Hall–Kier alpha value is -1.89. The average molecular weight is 396 g/mol. The second-order valence-corrected chi connectivity index (χ2v) is 9.75. The van der Waals surface area contributed by atoms with Gasteiger partial charge in [-0.1, -0.05) is 44.2 Å². The van der Waals surface area contributed by atoms with Crippen molar-refractivity contribution in [2.24, 2.45) is 5.92 Å². The van der Waals surface area contributed by atoms with Gasteiger partial charge in [0.05, 0.1) is 5.75 Å². The predicted octanol–water partition coefficient (Wildman–Crippen LogP) is 3.16. The number of carbonyl (C=O) groups excluding carboxylic acids is 1. The van der Waals surface area contributed by atoms with Crippen LogP contribution in [0.2, 0.25) is 0 Å². The molecule has 1 amide bonds. The number of sulfone groups is 1. The maximum atomic E-state index is 12.6. The molecule has 1 saturated carbocycles. The van der Waals surface area contributed by atoms with Crippen LogP contribution in [-0.4, -0.2) is 37.7 Å². The molecule has 1 aromatic carbocycles. The van der Waals surface area contributed by atoms with Crippen LogP contribution in [0.4, 0.5) is 0 Å². The van der Waals surface area contributed by atoms with Crippen molar-refractivity contribution in [2.45, 2.75) is 63.2 Å². The van der Waals surface area contributed by atoms with Crippen LogP contribution in [-0.2, 0) is 20.4 Å². The topological polar surface area (TPSA) is 101 Å². The van der Waals surface area contributed by atoms with Crippen LogP contribution in [0.25, 0.3) is 0 Å². The lowest BCUT2D eigenvalue weighted by atomic mass is 9.84. The van der Waals surface area contributed by atoms with Crippen LogP contribution < -0.4 is 5.32 Å². The summed E-state index contributed by atoms with van der Waals surface area (Å²) < 4.78 is 22.7. The first-order chi connectivity index (χ1) is 12.7. The largest absolute Gasteiger partial charge is 0.481 e. The number of hydrogen-bond acceptors (Lipinski definition) is 4. The molecule has 0 aliphatic heterocycles. The van der Waals surface area contributed by atoms with Gasteiger partial charge in [-0.2, -0.15) is 0 Å². The van der Waals surface area contributed by atoms with E-state index >= 15 is 0 Å². The van der Waals surface area contributed by atoms with Crippen LogP contribution in [0, 0.1) is 5.92 Å². The van der Waals surface area contributed by atoms with E-state index in [-0.39, 0.29) is 24.1 Å². The van der Waals surface area contributed by atoms with Gasteiger partial charge in [0.2, 0.25) is 0 Å². The summed E-state index contributed by atoms with van der Waals surface area (Å²) in [6.07, 6.45) is 8.37. The van der Waals surface area contributed by atoms with Crippen molar-refractivity contribution in [3.63, 3.8) is 0 Å². The van der Waals surface area contributed by atoms with Gasteiger partial charge >= 0.3 is 5.97 Å². The molecule has 0 saturated heterocycles. The zero-order valence-corrected chi connectivity index (χ0v) is 16.6. The summed E-state index contributed by atoms with van der Waals surface area (Å²) in [6, 6.07) is 6.36. The zero-order chi connectivity index (χ0) is 19.9. The third-order valence-corrected chi connectivity index (χ3v) is 5.89. The van der Waals surface area contributed by atoms with Crippen molar-refractivity contribution in [1.29, 1.82) is 0 Å². The summed E-state index contributed by atoms with van der Waals surface area (Å²) in [5, 5.41) is 12.0. The fourth-order valence-electron chi connectivity index (χ4n) is 3.70. The summed E-state index contributed by atoms with van der Waals surface area (Å²) >= 11 is 0. The highest BCUT2D eigenvalue weighted by Crippen LogP contribution is 2.28. The van der Waals surface area contributed by atoms with Crippen LogP contribution in [0.3, 0.4) is 0 Å². The fraction of sp³-hybridized carbons (Fsp3) is 0.600. The van der Waals surface area contributed by atoms with Crippen LogP contribution in [0.1, 0.15) is 67.3 Å². The zero-order valence-electron chi connectivity index (χ0n) is 15.8. The Morgan fingerprint density at radius 1 is 1.15 bits per heavy atom. The summed E-state index contributed by atoms with van der Waals surface area (Å²) in [7, 11) is -3.12. The van der Waals surface area contributed by atoms with E-state index in [1.807, 2.05) is 0 Å². The minimum Gasteiger partial charge on any atom is -0.481 e. The number of rotatable bonds is 9. The van der Waals surface area contributed by atoms with E-state index in [0.717, 1.165) is 19.3 Å². The molecule has 0 heterocycles. The smallest absolute Gasteiger partial charge is 0.303 e. The quantitative estimate of drug-likeness (QED) is 0.669. The van der Waals surface area contributed by atoms with Gasteiger partial charge in [0.25, 0.3) is 5.91 Å². The van der Waals surface area contributed by atoms with E-state index in [0.29, 0.717) is 23.5 Å². The number of carboxylic acids is 1. The first-order valence-corrected chi connectivity index (χ1v) is 11.6. The number of hydrogen-bond donors (Lipinski definition) is 2. The van der Waals surface area contributed by atoms with Gasteiger partial charge in [0.15, 0.2) is 9.84 Å². The molecule has 2 N–H and O–H groups in total. The molecule has 1 aromatic rings. The van der Waals surface area contributed by atoms with Crippen molar-refractivity contribution in [1.82, 2.24) is 5.32 Å². The Morgan fingerprint density at radius 2 is 1.78 bits per heavy atom. The molecule has 150 valence electrons. The first-order valence-electron chi connectivity index (χ1n) is 9.52. The lowest BCUT2D eigenvalue weighted by molar-refractivity contribution is -0.137. The van der Waals surface area contributed by atoms with Crippen molar-refractivity contribution < 1.29 is 23.1 Å². The van der Waals surface area contributed by atoms with Crippen LogP contribution >= 0.6 is 0 Å². The molecule has 27 heavy (non-hydrogen) atoms. The molecule has 1 atom stereocenters. The van der Waals surface area contributed by atoms with Crippen molar-refractivity contribution >= 4 is 21.7 Å². The normalized spacial score (nSPS) is 16.6. The average Bonchev–Trinajstić information content (AvgIpc) is 2.59. The first kappa shape index (κ1) is 21.4.